The van der Waals surface area contributed by atoms with Gasteiger partial charge in [0.05, 0.1) is 0 Å². The summed E-state index contributed by atoms with van der Waals surface area (Å²) in [7, 11) is 0. The molecule has 0 bridgehead atoms. The predicted molar refractivity (Wildman–Crippen MR) is 41.1 cm³/mol. The first-order chi connectivity index (χ1) is 4.26. The van der Waals surface area contributed by atoms with Crippen molar-refractivity contribution in [2.24, 2.45) is 17.4 Å². The van der Waals surface area contributed by atoms with Crippen LogP contribution in [-0.4, -0.2) is 12.6 Å². The Morgan fingerprint density at radius 3 is 1.78 bits per heavy atom. The number of nitrogens with two attached hydrogens (primary N) is 2. The average molecular weight is 130 g/mol. The third-order valence-electron chi connectivity index (χ3n) is 1.93. The second kappa shape index (κ2) is 4.77. The van der Waals surface area contributed by atoms with Gasteiger partial charge in [-0.25, -0.2) is 0 Å². The summed E-state index contributed by atoms with van der Waals surface area (Å²) >= 11 is 0. The van der Waals surface area contributed by atoms with E-state index in [0.717, 1.165) is 12.8 Å². The molecule has 4 N–H and O–H groups in total. The standard InChI is InChI=1S/C7H18N2/c1-3-6(4-2)7(9)5-8/h6-7H,3-5,8-9H2,1-2H3/t7-/m0/s1. The zero-order chi connectivity index (χ0) is 7.28. The SMILES string of the molecule is CCC(CC)[C@@H](N)CN. The predicted octanol–water partition coefficient (Wildman–Crippen LogP) is 0.709. The van der Waals surface area contributed by atoms with E-state index in [1.807, 2.05) is 0 Å². The number of hydrogen-bond acceptors (Lipinski definition) is 2. The van der Waals surface area contributed by atoms with Crippen LogP contribution in [0.15, 0.2) is 0 Å². The molecule has 56 valence electrons. The van der Waals surface area contributed by atoms with Crippen LogP contribution in [0.5, 0.6) is 0 Å². The Kier molecular flexibility index (Phi) is 4.72. The summed E-state index contributed by atoms with van der Waals surface area (Å²) < 4.78 is 0. The fraction of sp³-hybridized carbons (Fsp3) is 1.00. The van der Waals surface area contributed by atoms with Gasteiger partial charge in [0.1, 0.15) is 0 Å². The van der Waals surface area contributed by atoms with Crippen molar-refractivity contribution in [2.45, 2.75) is 32.7 Å². The Morgan fingerprint density at radius 1 is 1.22 bits per heavy atom. The van der Waals surface area contributed by atoms with E-state index in [2.05, 4.69) is 13.8 Å². The molecule has 0 amide bonds. The largest absolute Gasteiger partial charge is 0.329 e. The van der Waals surface area contributed by atoms with Gasteiger partial charge in [0.2, 0.25) is 0 Å². The van der Waals surface area contributed by atoms with Crippen LogP contribution in [-0.2, 0) is 0 Å². The Hall–Kier alpha value is -0.0800. The minimum absolute atomic E-state index is 0.208. The zero-order valence-corrected chi connectivity index (χ0v) is 6.43. The van der Waals surface area contributed by atoms with Crippen molar-refractivity contribution in [3.8, 4) is 0 Å². The summed E-state index contributed by atoms with van der Waals surface area (Å²) in [4.78, 5) is 0. The molecule has 0 fully saturated rings. The molecule has 9 heavy (non-hydrogen) atoms. The minimum atomic E-state index is 0.208. The van der Waals surface area contributed by atoms with E-state index >= 15 is 0 Å². The minimum Gasteiger partial charge on any atom is -0.329 e. The third-order valence-corrected chi connectivity index (χ3v) is 1.93. The van der Waals surface area contributed by atoms with E-state index in [4.69, 9.17) is 11.5 Å². The lowest BCUT2D eigenvalue weighted by Crippen LogP contribution is -2.36. The molecular weight excluding hydrogens is 112 g/mol. The summed E-state index contributed by atoms with van der Waals surface area (Å²) in [6, 6.07) is 0.208. The summed E-state index contributed by atoms with van der Waals surface area (Å²) in [6.45, 7) is 4.93. The van der Waals surface area contributed by atoms with Crippen molar-refractivity contribution in [1.29, 1.82) is 0 Å². The van der Waals surface area contributed by atoms with Crippen molar-refractivity contribution in [1.82, 2.24) is 0 Å². The van der Waals surface area contributed by atoms with Gasteiger partial charge in [-0.1, -0.05) is 26.7 Å². The highest BCUT2D eigenvalue weighted by Crippen LogP contribution is 2.09. The van der Waals surface area contributed by atoms with Gasteiger partial charge in [-0.3, -0.25) is 0 Å². The van der Waals surface area contributed by atoms with E-state index in [1.165, 1.54) is 0 Å². The van der Waals surface area contributed by atoms with Gasteiger partial charge in [0, 0.05) is 12.6 Å². The van der Waals surface area contributed by atoms with E-state index in [-0.39, 0.29) is 6.04 Å². The number of rotatable bonds is 4. The van der Waals surface area contributed by atoms with E-state index in [1.54, 1.807) is 0 Å². The van der Waals surface area contributed by atoms with Crippen LogP contribution in [0.25, 0.3) is 0 Å². The lowest BCUT2D eigenvalue weighted by Gasteiger charge is -2.18. The molecule has 0 unspecified atom stereocenters. The van der Waals surface area contributed by atoms with Crippen molar-refractivity contribution in [2.75, 3.05) is 6.54 Å². The Bertz CT molecular complexity index is 59.9. The fourth-order valence-corrected chi connectivity index (χ4v) is 1.09. The molecule has 1 atom stereocenters. The van der Waals surface area contributed by atoms with Crippen LogP contribution < -0.4 is 11.5 Å². The molecule has 0 aliphatic rings. The highest BCUT2D eigenvalue weighted by Gasteiger charge is 2.10. The molecule has 0 saturated carbocycles. The number of hydrogen-bond donors (Lipinski definition) is 2. The monoisotopic (exact) mass is 130 g/mol. The highest BCUT2D eigenvalue weighted by atomic mass is 14.7. The van der Waals surface area contributed by atoms with E-state index in [9.17, 15) is 0 Å². The zero-order valence-electron chi connectivity index (χ0n) is 6.43. The Morgan fingerprint density at radius 2 is 1.67 bits per heavy atom. The molecule has 2 heteroatoms. The highest BCUT2D eigenvalue weighted by molar-refractivity contribution is 4.70. The van der Waals surface area contributed by atoms with Gasteiger partial charge < -0.3 is 11.5 Å². The maximum absolute atomic E-state index is 5.71. The second-order valence-corrected chi connectivity index (χ2v) is 2.48. The van der Waals surface area contributed by atoms with Gasteiger partial charge >= 0.3 is 0 Å². The molecule has 0 aliphatic heterocycles. The van der Waals surface area contributed by atoms with Crippen LogP contribution in [0.1, 0.15) is 26.7 Å². The molecule has 0 rings (SSSR count). The smallest absolute Gasteiger partial charge is 0.0191 e. The van der Waals surface area contributed by atoms with E-state index in [0.29, 0.717) is 12.5 Å². The second-order valence-electron chi connectivity index (χ2n) is 2.48. The van der Waals surface area contributed by atoms with Gasteiger partial charge in [-0.15, -0.1) is 0 Å². The van der Waals surface area contributed by atoms with Crippen LogP contribution in [0.4, 0.5) is 0 Å². The average Bonchev–Trinajstić information content (AvgIpc) is 1.90. The maximum Gasteiger partial charge on any atom is 0.0191 e. The van der Waals surface area contributed by atoms with Crippen LogP contribution in [0.3, 0.4) is 0 Å². The molecular formula is C7H18N2. The lowest BCUT2D eigenvalue weighted by atomic mass is 9.95. The molecule has 0 saturated heterocycles. The van der Waals surface area contributed by atoms with Crippen molar-refractivity contribution >= 4 is 0 Å². The normalized spacial score (nSPS) is 14.3. The molecule has 2 nitrogen and oxygen atoms in total. The first-order valence-electron chi connectivity index (χ1n) is 3.71. The Labute approximate surface area is 57.6 Å². The summed E-state index contributed by atoms with van der Waals surface area (Å²) in [5, 5.41) is 0. The van der Waals surface area contributed by atoms with Crippen LogP contribution in [0, 0.1) is 5.92 Å². The quantitative estimate of drug-likeness (QED) is 0.589. The Balaban J connectivity index is 3.50. The van der Waals surface area contributed by atoms with Gasteiger partial charge in [0.15, 0.2) is 0 Å². The lowest BCUT2D eigenvalue weighted by molar-refractivity contribution is 0.401. The summed E-state index contributed by atoms with van der Waals surface area (Å²) in [6.07, 6.45) is 2.30. The third kappa shape index (κ3) is 2.82. The maximum atomic E-state index is 5.71. The molecule has 0 aromatic carbocycles. The van der Waals surface area contributed by atoms with Crippen molar-refractivity contribution < 1.29 is 0 Å². The fourth-order valence-electron chi connectivity index (χ4n) is 1.09. The first kappa shape index (κ1) is 8.92. The van der Waals surface area contributed by atoms with Gasteiger partial charge in [-0.2, -0.15) is 0 Å². The molecule has 0 spiro atoms. The molecule has 0 aromatic heterocycles. The molecule has 0 heterocycles. The first-order valence-corrected chi connectivity index (χ1v) is 3.71. The summed E-state index contributed by atoms with van der Waals surface area (Å²) in [5.41, 5.74) is 11.1. The van der Waals surface area contributed by atoms with Crippen LogP contribution >= 0.6 is 0 Å². The van der Waals surface area contributed by atoms with Gasteiger partial charge in [0.25, 0.3) is 0 Å². The molecule has 0 aliphatic carbocycles. The topological polar surface area (TPSA) is 52.0 Å². The van der Waals surface area contributed by atoms with Crippen LogP contribution in [0.2, 0.25) is 0 Å². The van der Waals surface area contributed by atoms with Gasteiger partial charge in [-0.05, 0) is 5.92 Å². The van der Waals surface area contributed by atoms with Crippen molar-refractivity contribution in [3.63, 3.8) is 0 Å². The summed E-state index contributed by atoms with van der Waals surface area (Å²) in [5.74, 6) is 0.620. The van der Waals surface area contributed by atoms with E-state index < -0.39 is 0 Å². The van der Waals surface area contributed by atoms with Crippen molar-refractivity contribution in [3.05, 3.63) is 0 Å². The molecule has 0 radical (unpaired) electrons. The molecule has 0 aromatic rings.